The zero-order valence-corrected chi connectivity index (χ0v) is 12.6. The van der Waals surface area contributed by atoms with Gasteiger partial charge < -0.3 is 16.2 Å². The maximum absolute atomic E-state index is 5.64. The number of nitrogens with two attached hydrogens (primary N) is 2. The standard InChI is InChI=1S/C15H20N6O/c1-22-12-6-2-10(3-7-12)8-21(11-4-5-11)9-13-18-14(16)20-15(17)19-13/h2-3,6-7,11H,4-5,8-9H2,1H3,(H4,16,17,18,19,20). The van der Waals surface area contributed by atoms with Crippen LogP contribution in [0.2, 0.25) is 0 Å². The van der Waals surface area contributed by atoms with Crippen molar-refractivity contribution in [3.63, 3.8) is 0 Å². The maximum Gasteiger partial charge on any atom is 0.225 e. The lowest BCUT2D eigenvalue weighted by Crippen LogP contribution is -2.26. The highest BCUT2D eigenvalue weighted by atomic mass is 16.5. The third-order valence-electron chi connectivity index (χ3n) is 3.67. The van der Waals surface area contributed by atoms with E-state index in [1.807, 2.05) is 12.1 Å². The predicted octanol–water partition coefficient (Wildman–Crippen LogP) is 1.21. The van der Waals surface area contributed by atoms with E-state index >= 15 is 0 Å². The number of aromatic nitrogens is 3. The number of hydrogen-bond donors (Lipinski definition) is 2. The van der Waals surface area contributed by atoms with Gasteiger partial charge in [-0.05, 0) is 30.5 Å². The zero-order valence-electron chi connectivity index (χ0n) is 12.6. The van der Waals surface area contributed by atoms with Crippen LogP contribution in [0.3, 0.4) is 0 Å². The van der Waals surface area contributed by atoms with Crippen molar-refractivity contribution >= 4 is 11.9 Å². The molecule has 1 aromatic heterocycles. The molecule has 7 heteroatoms. The van der Waals surface area contributed by atoms with Crippen molar-refractivity contribution in [2.45, 2.75) is 32.0 Å². The van der Waals surface area contributed by atoms with Gasteiger partial charge in [0.05, 0.1) is 13.7 Å². The van der Waals surface area contributed by atoms with Crippen LogP contribution in [-0.2, 0) is 13.1 Å². The van der Waals surface area contributed by atoms with Gasteiger partial charge >= 0.3 is 0 Å². The molecule has 1 heterocycles. The molecule has 1 aliphatic carbocycles. The Morgan fingerprint density at radius 2 is 1.68 bits per heavy atom. The molecule has 0 saturated heterocycles. The van der Waals surface area contributed by atoms with Crippen LogP contribution in [0.1, 0.15) is 24.2 Å². The molecule has 7 nitrogen and oxygen atoms in total. The average molecular weight is 300 g/mol. The Morgan fingerprint density at radius 3 is 2.23 bits per heavy atom. The number of rotatable bonds is 6. The quantitative estimate of drug-likeness (QED) is 0.826. The van der Waals surface area contributed by atoms with Crippen molar-refractivity contribution < 1.29 is 4.74 Å². The summed E-state index contributed by atoms with van der Waals surface area (Å²) in [5, 5.41) is 0. The Balaban J connectivity index is 1.72. The van der Waals surface area contributed by atoms with Crippen molar-refractivity contribution in [1.82, 2.24) is 19.9 Å². The normalized spacial score (nSPS) is 14.3. The first-order chi connectivity index (χ1) is 10.6. The minimum Gasteiger partial charge on any atom is -0.497 e. The molecular formula is C15H20N6O. The fraction of sp³-hybridized carbons (Fsp3) is 0.400. The Morgan fingerprint density at radius 1 is 1.05 bits per heavy atom. The Hall–Kier alpha value is -2.41. The first-order valence-corrected chi connectivity index (χ1v) is 7.27. The van der Waals surface area contributed by atoms with Gasteiger partial charge in [-0.15, -0.1) is 0 Å². The summed E-state index contributed by atoms with van der Waals surface area (Å²) < 4.78 is 5.19. The molecule has 1 aromatic carbocycles. The fourth-order valence-corrected chi connectivity index (χ4v) is 2.43. The summed E-state index contributed by atoms with van der Waals surface area (Å²) in [7, 11) is 1.67. The van der Waals surface area contributed by atoms with E-state index in [0.717, 1.165) is 12.3 Å². The number of nitrogen functional groups attached to an aromatic ring is 2. The summed E-state index contributed by atoms with van der Waals surface area (Å²) >= 11 is 0. The van der Waals surface area contributed by atoms with Crippen molar-refractivity contribution in [1.29, 1.82) is 0 Å². The summed E-state index contributed by atoms with van der Waals surface area (Å²) in [6, 6.07) is 8.66. The Bertz CT molecular complexity index is 621. The van der Waals surface area contributed by atoms with Crippen molar-refractivity contribution in [2.75, 3.05) is 18.6 Å². The van der Waals surface area contributed by atoms with Gasteiger partial charge in [0.15, 0.2) is 0 Å². The number of benzene rings is 1. The second-order valence-electron chi connectivity index (χ2n) is 5.45. The zero-order chi connectivity index (χ0) is 15.5. The predicted molar refractivity (Wildman–Crippen MR) is 83.9 cm³/mol. The van der Waals surface area contributed by atoms with Crippen LogP contribution in [0.5, 0.6) is 5.75 Å². The molecule has 0 amide bonds. The van der Waals surface area contributed by atoms with Crippen molar-refractivity contribution in [3.05, 3.63) is 35.7 Å². The van der Waals surface area contributed by atoms with E-state index in [4.69, 9.17) is 16.2 Å². The van der Waals surface area contributed by atoms with Gasteiger partial charge in [0.25, 0.3) is 0 Å². The molecule has 0 atom stereocenters. The van der Waals surface area contributed by atoms with Crippen molar-refractivity contribution in [2.24, 2.45) is 0 Å². The molecule has 0 spiro atoms. The van der Waals surface area contributed by atoms with Gasteiger partial charge in [-0.2, -0.15) is 15.0 Å². The molecule has 116 valence electrons. The van der Waals surface area contributed by atoms with E-state index in [9.17, 15) is 0 Å². The fourth-order valence-electron chi connectivity index (χ4n) is 2.43. The molecule has 1 aliphatic rings. The second kappa shape index (κ2) is 6.15. The molecule has 0 bridgehead atoms. The van der Waals surface area contributed by atoms with Gasteiger partial charge in [-0.25, -0.2) is 0 Å². The highest BCUT2D eigenvalue weighted by Crippen LogP contribution is 2.29. The maximum atomic E-state index is 5.64. The second-order valence-corrected chi connectivity index (χ2v) is 5.45. The summed E-state index contributed by atoms with van der Waals surface area (Å²) in [5.41, 5.74) is 12.5. The number of hydrogen-bond acceptors (Lipinski definition) is 7. The van der Waals surface area contributed by atoms with Gasteiger partial charge in [0.1, 0.15) is 11.6 Å². The molecule has 0 radical (unpaired) electrons. The lowest BCUT2D eigenvalue weighted by Gasteiger charge is -2.21. The summed E-state index contributed by atoms with van der Waals surface area (Å²) in [5.74, 6) is 1.82. The summed E-state index contributed by atoms with van der Waals surface area (Å²) in [6.45, 7) is 1.45. The van der Waals surface area contributed by atoms with E-state index in [-0.39, 0.29) is 11.9 Å². The van der Waals surface area contributed by atoms with Gasteiger partial charge in [-0.3, -0.25) is 4.90 Å². The third kappa shape index (κ3) is 3.62. The Kier molecular flexibility index (Phi) is 4.06. The Labute approximate surface area is 129 Å². The van der Waals surface area contributed by atoms with Gasteiger partial charge in [-0.1, -0.05) is 12.1 Å². The molecule has 0 aliphatic heterocycles. The molecule has 1 saturated carbocycles. The smallest absolute Gasteiger partial charge is 0.225 e. The van der Waals surface area contributed by atoms with E-state index in [1.165, 1.54) is 18.4 Å². The largest absolute Gasteiger partial charge is 0.497 e. The first kappa shape index (κ1) is 14.5. The van der Waals surface area contributed by atoms with Crippen LogP contribution in [0.25, 0.3) is 0 Å². The van der Waals surface area contributed by atoms with Crippen molar-refractivity contribution in [3.8, 4) is 5.75 Å². The van der Waals surface area contributed by atoms with Crippen LogP contribution in [0, 0.1) is 0 Å². The van der Waals surface area contributed by atoms with Crippen LogP contribution in [-0.4, -0.2) is 33.0 Å². The van der Waals surface area contributed by atoms with E-state index in [2.05, 4.69) is 32.0 Å². The summed E-state index contributed by atoms with van der Waals surface area (Å²) in [6.07, 6.45) is 2.40. The highest BCUT2D eigenvalue weighted by molar-refractivity contribution is 5.28. The van der Waals surface area contributed by atoms with E-state index < -0.39 is 0 Å². The first-order valence-electron chi connectivity index (χ1n) is 7.27. The van der Waals surface area contributed by atoms with Crippen LogP contribution < -0.4 is 16.2 Å². The number of nitrogens with zero attached hydrogens (tertiary/aromatic N) is 4. The molecule has 0 unspecified atom stereocenters. The minimum absolute atomic E-state index is 0.169. The number of ether oxygens (including phenoxy) is 1. The highest BCUT2D eigenvalue weighted by Gasteiger charge is 2.29. The molecule has 3 rings (SSSR count). The topological polar surface area (TPSA) is 103 Å². The molecule has 4 N–H and O–H groups in total. The van der Waals surface area contributed by atoms with Crippen LogP contribution in [0.15, 0.2) is 24.3 Å². The molecular weight excluding hydrogens is 280 g/mol. The van der Waals surface area contributed by atoms with Crippen LogP contribution in [0.4, 0.5) is 11.9 Å². The monoisotopic (exact) mass is 300 g/mol. The SMILES string of the molecule is COc1ccc(CN(Cc2nc(N)nc(N)n2)C2CC2)cc1. The molecule has 2 aromatic rings. The minimum atomic E-state index is 0.169. The van der Waals surface area contributed by atoms with E-state index in [1.54, 1.807) is 7.11 Å². The molecule has 22 heavy (non-hydrogen) atoms. The lowest BCUT2D eigenvalue weighted by molar-refractivity contribution is 0.239. The number of methoxy groups -OCH3 is 1. The molecule has 1 fully saturated rings. The van der Waals surface area contributed by atoms with Gasteiger partial charge in [0, 0.05) is 12.6 Å². The average Bonchev–Trinajstić information content (AvgIpc) is 3.31. The van der Waals surface area contributed by atoms with E-state index in [0.29, 0.717) is 18.4 Å². The third-order valence-corrected chi connectivity index (χ3v) is 3.67. The summed E-state index contributed by atoms with van der Waals surface area (Å²) in [4.78, 5) is 14.5. The number of anilines is 2. The van der Waals surface area contributed by atoms with Gasteiger partial charge in [0.2, 0.25) is 11.9 Å². The lowest BCUT2D eigenvalue weighted by atomic mass is 10.2. The van der Waals surface area contributed by atoms with Crippen LogP contribution >= 0.6 is 0 Å².